The molecule has 1 aromatic rings. The third kappa shape index (κ3) is 4.14. The van der Waals surface area contributed by atoms with E-state index in [4.69, 9.17) is 9.52 Å². The molecule has 156 valence electrons. The van der Waals surface area contributed by atoms with Crippen molar-refractivity contribution in [3.63, 3.8) is 0 Å². The fourth-order valence-electron chi connectivity index (χ4n) is 4.10. The lowest BCUT2D eigenvalue weighted by molar-refractivity contribution is -0.0947. The minimum absolute atomic E-state index is 0.0914. The molecule has 1 amide bonds. The topological polar surface area (TPSA) is 70.5 Å². The maximum atomic E-state index is 12.8. The molecule has 1 aromatic carbocycles. The molecule has 0 bridgehead atoms. The second-order valence-corrected chi connectivity index (χ2v) is 11.0. The predicted molar refractivity (Wildman–Crippen MR) is 98.3 cm³/mol. The molecule has 1 unspecified atom stereocenters. The van der Waals surface area contributed by atoms with Crippen LogP contribution in [0.15, 0.2) is 29.2 Å². The highest BCUT2D eigenvalue weighted by molar-refractivity contribution is 7.93. The lowest BCUT2D eigenvalue weighted by atomic mass is 9.56. The van der Waals surface area contributed by atoms with Crippen molar-refractivity contribution in [3.05, 3.63) is 29.8 Å². The highest BCUT2D eigenvalue weighted by atomic mass is 32.2. The number of hydrogen-bond donors (Lipinski definition) is 1. The summed E-state index contributed by atoms with van der Waals surface area (Å²) in [5, 5.41) is 0. The van der Waals surface area contributed by atoms with Crippen LogP contribution in [0.25, 0.3) is 0 Å². The van der Waals surface area contributed by atoms with Crippen LogP contribution in [0.3, 0.4) is 0 Å². The number of rotatable bonds is 3. The first-order valence-corrected chi connectivity index (χ1v) is 10.7. The maximum Gasteiger partial charge on any atom is 0.483 e. The quantitative estimate of drug-likeness (QED) is 0.766. The molecule has 1 heterocycles. The van der Waals surface area contributed by atoms with Crippen molar-refractivity contribution in [3.8, 4) is 0 Å². The zero-order valence-corrected chi connectivity index (χ0v) is 17.0. The van der Waals surface area contributed by atoms with E-state index in [1.165, 1.54) is 12.1 Å². The fraction of sp³-hybridized carbons (Fsp3) is 0.632. The molecule has 2 fully saturated rings. The zero-order valence-electron chi connectivity index (χ0n) is 16.1. The molecule has 9 heteroatoms. The molecule has 1 atom stereocenters. The van der Waals surface area contributed by atoms with E-state index in [1.807, 2.05) is 20.8 Å². The monoisotopic (exact) mass is 418 g/mol. The van der Waals surface area contributed by atoms with Gasteiger partial charge in [0.1, 0.15) is 5.60 Å². The fourth-order valence-corrected chi connectivity index (χ4v) is 4.96. The Kier molecular flexibility index (Phi) is 4.97. The molecule has 1 saturated carbocycles. The van der Waals surface area contributed by atoms with Crippen LogP contribution < -0.4 is 0 Å². The van der Waals surface area contributed by atoms with E-state index in [0.717, 1.165) is 18.9 Å². The summed E-state index contributed by atoms with van der Waals surface area (Å²) < 4.78 is 62.9. The van der Waals surface area contributed by atoms with E-state index >= 15 is 0 Å². The largest absolute Gasteiger partial charge is 0.483 e. The Hall–Kier alpha value is -1.77. The van der Waals surface area contributed by atoms with Crippen molar-refractivity contribution in [2.45, 2.75) is 56.0 Å². The van der Waals surface area contributed by atoms with Crippen LogP contribution in [0.4, 0.5) is 18.0 Å². The standard InChI is InChI=1S/C19H25F3N2O3S/c1-17(2,3)27-16(25)24-11-18(12-24)9-14(10-18)7-13-5-4-6-15(8-13)28(23,26)19(20,21)22/h4-6,8,14,23H,7,9-12H2,1-3H3. The van der Waals surface area contributed by atoms with E-state index in [0.29, 0.717) is 31.0 Å². The highest BCUT2D eigenvalue weighted by Gasteiger charge is 2.54. The van der Waals surface area contributed by atoms with E-state index in [1.54, 1.807) is 11.0 Å². The summed E-state index contributed by atoms with van der Waals surface area (Å²) in [6.07, 6.45) is 2.06. The Bertz CT molecular complexity index is 861. The Balaban J connectivity index is 1.54. The van der Waals surface area contributed by atoms with Crippen LogP contribution in [0.5, 0.6) is 0 Å². The first-order valence-electron chi connectivity index (χ1n) is 9.13. The van der Waals surface area contributed by atoms with Crippen molar-refractivity contribution in [2.24, 2.45) is 11.3 Å². The Morgan fingerprint density at radius 2 is 1.89 bits per heavy atom. The summed E-state index contributed by atoms with van der Waals surface area (Å²) >= 11 is 0. The van der Waals surface area contributed by atoms with Gasteiger partial charge in [-0.25, -0.2) is 13.8 Å². The van der Waals surface area contributed by atoms with Gasteiger partial charge in [-0.1, -0.05) is 12.1 Å². The minimum Gasteiger partial charge on any atom is -0.444 e. The van der Waals surface area contributed by atoms with Gasteiger partial charge in [0, 0.05) is 18.5 Å². The highest BCUT2D eigenvalue weighted by Crippen LogP contribution is 2.53. The number of likely N-dealkylation sites (tertiary alicyclic amines) is 1. The number of carbonyl (C=O) groups is 1. The third-order valence-corrected chi connectivity index (χ3v) is 6.80. The van der Waals surface area contributed by atoms with Crippen molar-refractivity contribution in [1.29, 1.82) is 4.78 Å². The molecule has 1 aliphatic carbocycles. The summed E-state index contributed by atoms with van der Waals surface area (Å²) in [7, 11) is -4.83. The minimum atomic E-state index is -5.08. The Labute approximate surface area is 163 Å². The van der Waals surface area contributed by atoms with Gasteiger partial charge in [0.15, 0.2) is 9.73 Å². The van der Waals surface area contributed by atoms with Gasteiger partial charge in [-0.3, -0.25) is 0 Å². The molecule has 0 radical (unpaired) electrons. The number of carbonyl (C=O) groups excluding carboxylic acids is 1. The summed E-state index contributed by atoms with van der Waals surface area (Å²) in [5.41, 5.74) is -4.86. The summed E-state index contributed by atoms with van der Waals surface area (Å²) in [4.78, 5) is 13.2. The van der Waals surface area contributed by atoms with Crippen molar-refractivity contribution in [2.75, 3.05) is 13.1 Å². The average Bonchev–Trinajstić information content (AvgIpc) is 2.45. The second kappa shape index (κ2) is 6.64. The van der Waals surface area contributed by atoms with Crippen molar-refractivity contribution < 1.29 is 26.9 Å². The van der Waals surface area contributed by atoms with Gasteiger partial charge in [-0.15, -0.1) is 0 Å². The molecule has 1 spiro atoms. The summed E-state index contributed by atoms with van der Waals surface area (Å²) in [6.45, 7) is 6.76. The number of nitrogens with zero attached hydrogens (tertiary/aromatic N) is 1. The Morgan fingerprint density at radius 1 is 1.29 bits per heavy atom. The zero-order chi connectivity index (χ0) is 21.0. The maximum absolute atomic E-state index is 12.8. The molecule has 2 aliphatic rings. The molecule has 1 N–H and O–H groups in total. The van der Waals surface area contributed by atoms with Gasteiger partial charge in [-0.05, 0) is 63.6 Å². The van der Waals surface area contributed by atoms with Gasteiger partial charge in [0.05, 0.1) is 4.90 Å². The van der Waals surface area contributed by atoms with Crippen molar-refractivity contribution in [1.82, 2.24) is 4.90 Å². The molecular weight excluding hydrogens is 393 g/mol. The number of halogens is 3. The number of nitrogens with one attached hydrogen (secondary N) is 1. The third-order valence-electron chi connectivity index (χ3n) is 5.23. The van der Waals surface area contributed by atoms with E-state index in [-0.39, 0.29) is 11.5 Å². The van der Waals surface area contributed by atoms with Crippen LogP contribution in [0.2, 0.25) is 0 Å². The normalized spacial score (nSPS) is 21.6. The molecule has 1 aliphatic heterocycles. The van der Waals surface area contributed by atoms with E-state index in [2.05, 4.69) is 0 Å². The van der Waals surface area contributed by atoms with Gasteiger partial charge < -0.3 is 9.64 Å². The Morgan fingerprint density at radius 3 is 2.43 bits per heavy atom. The average molecular weight is 418 g/mol. The van der Waals surface area contributed by atoms with Crippen LogP contribution >= 0.6 is 0 Å². The van der Waals surface area contributed by atoms with Gasteiger partial charge >= 0.3 is 11.6 Å². The van der Waals surface area contributed by atoms with E-state index < -0.39 is 25.7 Å². The van der Waals surface area contributed by atoms with E-state index in [9.17, 15) is 22.2 Å². The molecule has 5 nitrogen and oxygen atoms in total. The molecule has 0 aromatic heterocycles. The van der Waals surface area contributed by atoms with Gasteiger partial charge in [0.2, 0.25) is 0 Å². The SMILES string of the molecule is CC(C)(C)OC(=O)N1CC2(CC(Cc3cccc(S(=N)(=O)C(F)(F)F)c3)C2)C1. The molecule has 28 heavy (non-hydrogen) atoms. The number of ether oxygens (including phenoxy) is 1. The van der Waals surface area contributed by atoms with Gasteiger partial charge in [-0.2, -0.15) is 13.2 Å². The second-order valence-electron chi connectivity index (χ2n) is 8.96. The van der Waals surface area contributed by atoms with Crippen LogP contribution in [0, 0.1) is 16.1 Å². The summed E-state index contributed by atoms with van der Waals surface area (Å²) in [5.74, 6) is 0.309. The smallest absolute Gasteiger partial charge is 0.444 e. The number of amides is 1. The molecular formula is C19H25F3N2O3S. The van der Waals surface area contributed by atoms with Crippen LogP contribution in [0.1, 0.15) is 39.2 Å². The number of benzene rings is 1. The number of alkyl halides is 3. The van der Waals surface area contributed by atoms with Crippen LogP contribution in [-0.2, 0) is 20.9 Å². The molecule has 3 rings (SSSR count). The lowest BCUT2D eigenvalue weighted by Crippen LogP contribution is -2.64. The molecule has 1 saturated heterocycles. The van der Waals surface area contributed by atoms with Gasteiger partial charge in [0.25, 0.3) is 0 Å². The predicted octanol–water partition coefficient (Wildman–Crippen LogP) is 4.80. The lowest BCUT2D eigenvalue weighted by Gasteiger charge is -2.59. The first-order chi connectivity index (χ1) is 12.7. The first kappa shape index (κ1) is 21.0. The van der Waals surface area contributed by atoms with Crippen LogP contribution in [-0.4, -0.2) is 39.4 Å². The van der Waals surface area contributed by atoms with Crippen molar-refractivity contribution >= 4 is 15.8 Å². The summed E-state index contributed by atoms with van der Waals surface area (Å²) in [6, 6.07) is 5.46. The number of hydrogen-bond acceptors (Lipinski definition) is 4.